The van der Waals surface area contributed by atoms with Gasteiger partial charge in [0.05, 0.1) is 0 Å². The predicted molar refractivity (Wildman–Crippen MR) is 82.0 cm³/mol. The first-order valence-electron chi connectivity index (χ1n) is 7.37. The SMILES string of the molecule is CCCC(NC(=O)c1ccc2c(c1)CCC(=O)N2C)C(=O)O. The summed E-state index contributed by atoms with van der Waals surface area (Å²) in [6.07, 6.45) is 2.08. The molecule has 0 spiro atoms. The lowest BCUT2D eigenvalue weighted by Crippen LogP contribution is -2.40. The average molecular weight is 304 g/mol. The summed E-state index contributed by atoms with van der Waals surface area (Å²) >= 11 is 0. The first kappa shape index (κ1) is 16.0. The molecule has 1 aromatic rings. The van der Waals surface area contributed by atoms with E-state index in [1.54, 1.807) is 30.1 Å². The molecule has 2 amide bonds. The highest BCUT2D eigenvalue weighted by molar-refractivity contribution is 5.99. The van der Waals surface area contributed by atoms with Crippen LogP contribution in [0.3, 0.4) is 0 Å². The van der Waals surface area contributed by atoms with Crippen LogP contribution < -0.4 is 10.2 Å². The summed E-state index contributed by atoms with van der Waals surface area (Å²) in [6.45, 7) is 1.87. The Morgan fingerprint density at radius 2 is 2.09 bits per heavy atom. The van der Waals surface area contributed by atoms with Crippen molar-refractivity contribution in [2.45, 2.75) is 38.6 Å². The first-order valence-corrected chi connectivity index (χ1v) is 7.37. The molecule has 22 heavy (non-hydrogen) atoms. The minimum absolute atomic E-state index is 0.0542. The summed E-state index contributed by atoms with van der Waals surface area (Å²) in [7, 11) is 1.71. The number of carboxylic acid groups (broad SMARTS) is 1. The van der Waals surface area contributed by atoms with Crippen LogP contribution in [0, 0.1) is 0 Å². The summed E-state index contributed by atoms with van der Waals surface area (Å²) in [5, 5.41) is 11.6. The number of carboxylic acids is 1. The van der Waals surface area contributed by atoms with Gasteiger partial charge in [0.1, 0.15) is 6.04 Å². The first-order chi connectivity index (χ1) is 10.4. The van der Waals surface area contributed by atoms with Gasteiger partial charge in [-0.25, -0.2) is 4.79 Å². The maximum Gasteiger partial charge on any atom is 0.326 e. The van der Waals surface area contributed by atoms with Gasteiger partial charge in [-0.3, -0.25) is 9.59 Å². The number of aryl methyl sites for hydroxylation is 1. The smallest absolute Gasteiger partial charge is 0.326 e. The highest BCUT2D eigenvalue weighted by atomic mass is 16.4. The van der Waals surface area contributed by atoms with Crippen molar-refractivity contribution >= 4 is 23.5 Å². The van der Waals surface area contributed by atoms with E-state index in [0.717, 1.165) is 11.3 Å². The van der Waals surface area contributed by atoms with Crippen LogP contribution in [0.2, 0.25) is 0 Å². The number of hydrogen-bond donors (Lipinski definition) is 2. The van der Waals surface area contributed by atoms with E-state index in [2.05, 4.69) is 5.32 Å². The Kier molecular flexibility index (Phi) is 4.80. The van der Waals surface area contributed by atoms with E-state index < -0.39 is 17.9 Å². The number of fused-ring (bicyclic) bond motifs is 1. The number of hydrogen-bond acceptors (Lipinski definition) is 3. The lowest BCUT2D eigenvalue weighted by molar-refractivity contribution is -0.139. The second kappa shape index (κ2) is 6.60. The van der Waals surface area contributed by atoms with Crippen LogP contribution in [0.25, 0.3) is 0 Å². The topological polar surface area (TPSA) is 86.7 Å². The molecule has 118 valence electrons. The van der Waals surface area contributed by atoms with Gasteiger partial charge >= 0.3 is 5.97 Å². The van der Waals surface area contributed by atoms with Crippen LogP contribution in [0.15, 0.2) is 18.2 Å². The Morgan fingerprint density at radius 1 is 1.36 bits per heavy atom. The zero-order valence-electron chi connectivity index (χ0n) is 12.8. The van der Waals surface area contributed by atoms with Gasteiger partial charge in [-0.05, 0) is 36.6 Å². The van der Waals surface area contributed by atoms with Crippen molar-refractivity contribution in [3.8, 4) is 0 Å². The highest BCUT2D eigenvalue weighted by Gasteiger charge is 2.23. The normalized spacial score (nSPS) is 15.2. The number of carbonyl (C=O) groups excluding carboxylic acids is 2. The van der Waals surface area contributed by atoms with Crippen molar-refractivity contribution in [2.24, 2.45) is 0 Å². The fraction of sp³-hybridized carbons (Fsp3) is 0.438. The van der Waals surface area contributed by atoms with Crippen LogP contribution in [-0.4, -0.2) is 36.0 Å². The van der Waals surface area contributed by atoms with Gasteiger partial charge in [0.15, 0.2) is 0 Å². The van der Waals surface area contributed by atoms with Crippen LogP contribution in [0.1, 0.15) is 42.1 Å². The fourth-order valence-corrected chi connectivity index (χ4v) is 2.59. The summed E-state index contributed by atoms with van der Waals surface area (Å²) in [6, 6.07) is 4.21. The zero-order valence-corrected chi connectivity index (χ0v) is 12.8. The number of benzene rings is 1. The molecule has 2 N–H and O–H groups in total. The van der Waals surface area contributed by atoms with Crippen LogP contribution in [0.5, 0.6) is 0 Å². The molecular weight excluding hydrogens is 284 g/mol. The molecule has 0 radical (unpaired) electrons. The van der Waals surface area contributed by atoms with E-state index in [-0.39, 0.29) is 5.91 Å². The summed E-state index contributed by atoms with van der Waals surface area (Å²) in [5.41, 5.74) is 2.15. The third-order valence-electron chi connectivity index (χ3n) is 3.87. The molecule has 0 fully saturated rings. The van der Waals surface area contributed by atoms with E-state index in [0.29, 0.717) is 31.2 Å². The summed E-state index contributed by atoms with van der Waals surface area (Å²) in [4.78, 5) is 36.6. The number of nitrogens with one attached hydrogen (secondary N) is 1. The van der Waals surface area contributed by atoms with Crippen molar-refractivity contribution in [1.29, 1.82) is 0 Å². The Labute approximate surface area is 129 Å². The average Bonchev–Trinajstić information content (AvgIpc) is 2.50. The fourth-order valence-electron chi connectivity index (χ4n) is 2.59. The van der Waals surface area contributed by atoms with E-state index in [1.165, 1.54) is 0 Å². The van der Waals surface area contributed by atoms with Gasteiger partial charge in [-0.2, -0.15) is 0 Å². The van der Waals surface area contributed by atoms with Gasteiger partial charge in [-0.15, -0.1) is 0 Å². The molecule has 6 heteroatoms. The summed E-state index contributed by atoms with van der Waals surface area (Å²) < 4.78 is 0. The molecule has 1 aliphatic heterocycles. The van der Waals surface area contributed by atoms with Crippen LogP contribution in [0.4, 0.5) is 5.69 Å². The third-order valence-corrected chi connectivity index (χ3v) is 3.87. The molecular formula is C16H20N2O4. The van der Waals surface area contributed by atoms with E-state index in [9.17, 15) is 14.4 Å². The molecule has 1 aliphatic rings. The van der Waals surface area contributed by atoms with Crippen LogP contribution in [-0.2, 0) is 16.0 Å². The van der Waals surface area contributed by atoms with E-state index in [4.69, 9.17) is 5.11 Å². The van der Waals surface area contributed by atoms with Gasteiger partial charge in [0.25, 0.3) is 5.91 Å². The molecule has 1 atom stereocenters. The maximum atomic E-state index is 12.2. The second-order valence-electron chi connectivity index (χ2n) is 5.45. The molecule has 0 bridgehead atoms. The Balaban J connectivity index is 2.18. The van der Waals surface area contributed by atoms with Gasteiger partial charge in [0, 0.05) is 24.7 Å². The molecule has 1 heterocycles. The van der Waals surface area contributed by atoms with Crippen molar-refractivity contribution in [2.75, 3.05) is 11.9 Å². The number of anilines is 1. The maximum absolute atomic E-state index is 12.2. The van der Waals surface area contributed by atoms with Crippen molar-refractivity contribution < 1.29 is 19.5 Å². The zero-order chi connectivity index (χ0) is 16.3. The highest BCUT2D eigenvalue weighted by Crippen LogP contribution is 2.27. The van der Waals surface area contributed by atoms with Gasteiger partial charge in [-0.1, -0.05) is 13.3 Å². The Morgan fingerprint density at radius 3 is 2.73 bits per heavy atom. The number of rotatable bonds is 5. The third kappa shape index (κ3) is 3.27. The molecule has 0 aliphatic carbocycles. The standard InChI is InChI=1S/C16H20N2O4/c1-3-4-12(16(21)22)17-15(20)11-5-7-13-10(9-11)6-8-14(19)18(13)2/h5,7,9,12H,3-4,6,8H2,1-2H3,(H,17,20)(H,21,22). The molecule has 1 aromatic carbocycles. The number of aliphatic carboxylic acids is 1. The molecule has 0 saturated carbocycles. The summed E-state index contributed by atoms with van der Waals surface area (Å²) in [5.74, 6) is -1.37. The largest absolute Gasteiger partial charge is 0.480 e. The Hall–Kier alpha value is -2.37. The molecule has 6 nitrogen and oxygen atoms in total. The molecule has 0 aromatic heterocycles. The monoisotopic (exact) mass is 304 g/mol. The molecule has 0 saturated heterocycles. The minimum Gasteiger partial charge on any atom is -0.480 e. The van der Waals surface area contributed by atoms with Gasteiger partial charge < -0.3 is 15.3 Å². The van der Waals surface area contributed by atoms with Crippen molar-refractivity contribution in [3.63, 3.8) is 0 Å². The quantitative estimate of drug-likeness (QED) is 0.864. The number of amides is 2. The minimum atomic E-state index is -1.03. The van der Waals surface area contributed by atoms with Crippen molar-refractivity contribution in [3.05, 3.63) is 29.3 Å². The number of carbonyl (C=O) groups is 3. The number of nitrogens with zero attached hydrogens (tertiary/aromatic N) is 1. The van der Waals surface area contributed by atoms with Crippen molar-refractivity contribution in [1.82, 2.24) is 5.32 Å². The Bertz CT molecular complexity index is 612. The van der Waals surface area contributed by atoms with E-state index >= 15 is 0 Å². The van der Waals surface area contributed by atoms with Gasteiger partial charge in [0.2, 0.25) is 5.91 Å². The lowest BCUT2D eigenvalue weighted by Gasteiger charge is -2.26. The van der Waals surface area contributed by atoms with E-state index in [1.807, 2.05) is 6.92 Å². The molecule has 1 unspecified atom stereocenters. The predicted octanol–water partition coefficient (Wildman–Crippen LogP) is 1.58. The van der Waals surface area contributed by atoms with Crippen LogP contribution >= 0.6 is 0 Å². The lowest BCUT2D eigenvalue weighted by atomic mass is 9.98. The second-order valence-corrected chi connectivity index (χ2v) is 5.45. The molecule has 2 rings (SSSR count).